The molecule has 0 saturated heterocycles. The van der Waals surface area contributed by atoms with Crippen molar-refractivity contribution in [3.8, 4) is 0 Å². The number of aliphatic hydroxyl groups is 1. The third-order valence-corrected chi connectivity index (χ3v) is 2.58. The quantitative estimate of drug-likeness (QED) is 0.820. The van der Waals surface area contributed by atoms with Crippen LogP contribution >= 0.6 is 0 Å². The molecule has 4 nitrogen and oxygen atoms in total. The SMILES string of the molecule is CCCC(C)(CO)NC(=O)c1ccncc1F. The Labute approximate surface area is 99.9 Å². The van der Waals surface area contributed by atoms with Crippen molar-refractivity contribution in [2.75, 3.05) is 6.61 Å². The molecule has 0 bridgehead atoms. The van der Waals surface area contributed by atoms with Crippen LogP contribution in [0.1, 0.15) is 37.0 Å². The number of aliphatic hydroxyl groups excluding tert-OH is 1. The van der Waals surface area contributed by atoms with Gasteiger partial charge in [-0.2, -0.15) is 0 Å². The number of hydrogen-bond acceptors (Lipinski definition) is 3. The van der Waals surface area contributed by atoms with E-state index in [4.69, 9.17) is 0 Å². The van der Waals surface area contributed by atoms with Crippen molar-refractivity contribution in [1.82, 2.24) is 10.3 Å². The minimum Gasteiger partial charge on any atom is -0.394 e. The topological polar surface area (TPSA) is 62.2 Å². The van der Waals surface area contributed by atoms with E-state index in [0.717, 1.165) is 12.6 Å². The highest BCUT2D eigenvalue weighted by Gasteiger charge is 2.26. The van der Waals surface area contributed by atoms with E-state index >= 15 is 0 Å². The van der Waals surface area contributed by atoms with Crippen molar-refractivity contribution in [1.29, 1.82) is 0 Å². The fourth-order valence-corrected chi connectivity index (χ4v) is 1.63. The zero-order chi connectivity index (χ0) is 12.9. The Morgan fingerprint density at radius 1 is 1.65 bits per heavy atom. The molecule has 0 aliphatic rings. The van der Waals surface area contributed by atoms with Crippen LogP contribution in [0.15, 0.2) is 18.5 Å². The number of rotatable bonds is 5. The smallest absolute Gasteiger partial charge is 0.254 e. The lowest BCUT2D eigenvalue weighted by Crippen LogP contribution is -2.49. The molecule has 2 N–H and O–H groups in total. The summed E-state index contributed by atoms with van der Waals surface area (Å²) >= 11 is 0. The Kier molecular flexibility index (Phi) is 4.57. The molecule has 94 valence electrons. The number of pyridine rings is 1. The van der Waals surface area contributed by atoms with Gasteiger partial charge < -0.3 is 10.4 Å². The number of hydrogen-bond donors (Lipinski definition) is 2. The summed E-state index contributed by atoms with van der Waals surface area (Å²) in [6.07, 6.45) is 3.79. The van der Waals surface area contributed by atoms with Gasteiger partial charge in [0.25, 0.3) is 5.91 Å². The standard InChI is InChI=1S/C12H17FN2O2/c1-3-5-12(2,8-16)15-11(17)9-4-6-14-7-10(9)13/h4,6-7,16H,3,5,8H2,1-2H3,(H,15,17). The summed E-state index contributed by atoms with van der Waals surface area (Å²) in [5.41, 5.74) is -0.780. The van der Waals surface area contributed by atoms with Gasteiger partial charge >= 0.3 is 0 Å². The van der Waals surface area contributed by atoms with Crippen LogP contribution < -0.4 is 5.32 Å². The molecule has 1 aromatic rings. The first-order valence-electron chi connectivity index (χ1n) is 5.55. The molecule has 1 rings (SSSR count). The van der Waals surface area contributed by atoms with Crippen LogP contribution in [0.25, 0.3) is 0 Å². The zero-order valence-electron chi connectivity index (χ0n) is 10.0. The molecule has 1 amide bonds. The number of nitrogens with zero attached hydrogens (tertiary/aromatic N) is 1. The molecule has 0 fully saturated rings. The van der Waals surface area contributed by atoms with E-state index in [1.54, 1.807) is 6.92 Å². The number of carbonyl (C=O) groups excluding carboxylic acids is 1. The first-order valence-corrected chi connectivity index (χ1v) is 5.55. The highest BCUT2D eigenvalue weighted by Crippen LogP contribution is 2.13. The van der Waals surface area contributed by atoms with Gasteiger partial charge in [-0.05, 0) is 19.4 Å². The average Bonchev–Trinajstić information content (AvgIpc) is 2.29. The summed E-state index contributed by atoms with van der Waals surface area (Å²) < 4.78 is 13.3. The van der Waals surface area contributed by atoms with Crippen LogP contribution in [0.4, 0.5) is 4.39 Å². The average molecular weight is 240 g/mol. The largest absolute Gasteiger partial charge is 0.394 e. The lowest BCUT2D eigenvalue weighted by molar-refractivity contribution is 0.0836. The summed E-state index contributed by atoms with van der Waals surface area (Å²) in [6.45, 7) is 3.50. The van der Waals surface area contributed by atoms with Crippen molar-refractivity contribution in [3.05, 3.63) is 29.8 Å². The van der Waals surface area contributed by atoms with Crippen LogP contribution in [0, 0.1) is 5.82 Å². The van der Waals surface area contributed by atoms with Gasteiger partial charge in [0.05, 0.1) is 23.9 Å². The summed E-state index contributed by atoms with van der Waals surface area (Å²) in [4.78, 5) is 15.4. The third kappa shape index (κ3) is 3.49. The predicted molar refractivity (Wildman–Crippen MR) is 62.1 cm³/mol. The second-order valence-electron chi connectivity index (χ2n) is 4.28. The van der Waals surface area contributed by atoms with Gasteiger partial charge in [0.1, 0.15) is 0 Å². The normalized spacial score (nSPS) is 14.1. The van der Waals surface area contributed by atoms with Crippen LogP contribution in [0.5, 0.6) is 0 Å². The summed E-state index contributed by atoms with van der Waals surface area (Å²) in [5, 5.41) is 11.9. The minimum absolute atomic E-state index is 0.0595. The van der Waals surface area contributed by atoms with E-state index < -0.39 is 17.3 Å². The van der Waals surface area contributed by atoms with Crippen LogP contribution in [-0.2, 0) is 0 Å². The Balaban J connectivity index is 2.82. The first kappa shape index (κ1) is 13.6. The number of halogens is 1. The number of amides is 1. The zero-order valence-corrected chi connectivity index (χ0v) is 10.0. The fourth-order valence-electron chi connectivity index (χ4n) is 1.63. The maximum absolute atomic E-state index is 13.3. The number of carbonyl (C=O) groups is 1. The Morgan fingerprint density at radius 2 is 2.35 bits per heavy atom. The third-order valence-electron chi connectivity index (χ3n) is 2.58. The van der Waals surface area contributed by atoms with E-state index in [2.05, 4.69) is 10.3 Å². The Hall–Kier alpha value is -1.49. The Morgan fingerprint density at radius 3 is 2.88 bits per heavy atom. The van der Waals surface area contributed by atoms with Crippen LogP contribution in [0.2, 0.25) is 0 Å². The second-order valence-corrected chi connectivity index (χ2v) is 4.28. The molecule has 1 atom stereocenters. The van der Waals surface area contributed by atoms with Crippen molar-refractivity contribution < 1.29 is 14.3 Å². The Bertz CT molecular complexity index is 398. The van der Waals surface area contributed by atoms with E-state index in [1.165, 1.54) is 12.3 Å². The van der Waals surface area contributed by atoms with E-state index in [9.17, 15) is 14.3 Å². The summed E-state index contributed by atoms with van der Waals surface area (Å²) in [6, 6.07) is 1.31. The first-order chi connectivity index (χ1) is 8.02. The molecule has 1 aromatic heterocycles. The van der Waals surface area contributed by atoms with Gasteiger partial charge in [-0.15, -0.1) is 0 Å². The molecular formula is C12H17FN2O2. The van der Waals surface area contributed by atoms with Crippen molar-refractivity contribution in [3.63, 3.8) is 0 Å². The number of aromatic nitrogens is 1. The monoisotopic (exact) mass is 240 g/mol. The lowest BCUT2D eigenvalue weighted by atomic mass is 9.97. The van der Waals surface area contributed by atoms with Crippen molar-refractivity contribution in [2.45, 2.75) is 32.2 Å². The fraction of sp³-hybridized carbons (Fsp3) is 0.500. The molecule has 0 aliphatic heterocycles. The van der Waals surface area contributed by atoms with Gasteiger partial charge in [-0.1, -0.05) is 13.3 Å². The van der Waals surface area contributed by atoms with Crippen LogP contribution in [0.3, 0.4) is 0 Å². The van der Waals surface area contributed by atoms with E-state index in [1.807, 2.05) is 6.92 Å². The lowest BCUT2D eigenvalue weighted by Gasteiger charge is -2.28. The predicted octanol–water partition coefficient (Wildman–Crippen LogP) is 1.50. The maximum atomic E-state index is 13.3. The molecule has 0 saturated carbocycles. The van der Waals surface area contributed by atoms with E-state index in [0.29, 0.717) is 6.42 Å². The number of nitrogens with one attached hydrogen (secondary N) is 1. The molecule has 5 heteroatoms. The maximum Gasteiger partial charge on any atom is 0.254 e. The van der Waals surface area contributed by atoms with E-state index in [-0.39, 0.29) is 12.2 Å². The van der Waals surface area contributed by atoms with Crippen LogP contribution in [-0.4, -0.2) is 28.1 Å². The summed E-state index contributed by atoms with van der Waals surface area (Å²) in [5.74, 6) is -1.20. The van der Waals surface area contributed by atoms with Gasteiger partial charge in [0.15, 0.2) is 5.82 Å². The molecule has 1 unspecified atom stereocenters. The molecule has 0 aliphatic carbocycles. The molecule has 0 spiro atoms. The van der Waals surface area contributed by atoms with Gasteiger partial charge in [0.2, 0.25) is 0 Å². The minimum atomic E-state index is -0.721. The van der Waals surface area contributed by atoms with Gasteiger partial charge in [0, 0.05) is 6.20 Å². The second kappa shape index (κ2) is 5.72. The molecule has 0 aromatic carbocycles. The molecule has 1 heterocycles. The van der Waals surface area contributed by atoms with Gasteiger partial charge in [-0.25, -0.2) is 4.39 Å². The molecule has 0 radical (unpaired) electrons. The van der Waals surface area contributed by atoms with Crippen molar-refractivity contribution >= 4 is 5.91 Å². The van der Waals surface area contributed by atoms with Gasteiger partial charge in [-0.3, -0.25) is 9.78 Å². The van der Waals surface area contributed by atoms with Crippen molar-refractivity contribution in [2.24, 2.45) is 0 Å². The highest BCUT2D eigenvalue weighted by molar-refractivity contribution is 5.94. The molecular weight excluding hydrogens is 223 g/mol. The molecule has 17 heavy (non-hydrogen) atoms. The summed E-state index contributed by atoms with van der Waals surface area (Å²) in [7, 11) is 0. The highest BCUT2D eigenvalue weighted by atomic mass is 19.1.